The summed E-state index contributed by atoms with van der Waals surface area (Å²) in [5.41, 5.74) is 0.828. The van der Waals surface area contributed by atoms with Gasteiger partial charge in [0.25, 0.3) is 0 Å². The van der Waals surface area contributed by atoms with E-state index in [1.807, 2.05) is 23.1 Å². The molecule has 24 heavy (non-hydrogen) atoms. The van der Waals surface area contributed by atoms with Gasteiger partial charge in [0.2, 0.25) is 11.8 Å². The maximum absolute atomic E-state index is 12.6. The van der Waals surface area contributed by atoms with Gasteiger partial charge in [0, 0.05) is 18.9 Å². The van der Waals surface area contributed by atoms with Crippen molar-refractivity contribution in [2.75, 3.05) is 5.75 Å². The molecule has 1 saturated carbocycles. The van der Waals surface area contributed by atoms with Crippen LogP contribution >= 0.6 is 11.8 Å². The Kier molecular flexibility index (Phi) is 5.76. The molecule has 2 atom stereocenters. The van der Waals surface area contributed by atoms with E-state index in [9.17, 15) is 9.59 Å². The van der Waals surface area contributed by atoms with E-state index in [4.69, 9.17) is 0 Å². The van der Waals surface area contributed by atoms with Gasteiger partial charge in [0.1, 0.15) is 6.04 Å². The summed E-state index contributed by atoms with van der Waals surface area (Å²) >= 11 is 1.77. The maximum atomic E-state index is 12.6. The van der Waals surface area contributed by atoms with E-state index < -0.39 is 0 Å². The third-order valence-corrected chi connectivity index (χ3v) is 6.39. The van der Waals surface area contributed by atoms with Gasteiger partial charge in [-0.05, 0) is 30.9 Å². The summed E-state index contributed by atoms with van der Waals surface area (Å²) in [6, 6.07) is 5.28. The van der Waals surface area contributed by atoms with Crippen LogP contribution in [0.5, 0.6) is 0 Å². The second-order valence-electron chi connectivity index (χ2n) is 6.60. The van der Waals surface area contributed by atoms with Crippen molar-refractivity contribution in [1.29, 1.82) is 0 Å². The predicted octanol–water partition coefficient (Wildman–Crippen LogP) is 2.57. The lowest BCUT2D eigenvalue weighted by Crippen LogP contribution is -2.50. The van der Waals surface area contributed by atoms with Crippen molar-refractivity contribution in [3.05, 3.63) is 30.1 Å². The van der Waals surface area contributed by atoms with Crippen molar-refractivity contribution in [3.8, 4) is 0 Å². The van der Waals surface area contributed by atoms with Crippen molar-refractivity contribution in [3.63, 3.8) is 0 Å². The van der Waals surface area contributed by atoms with Crippen molar-refractivity contribution < 1.29 is 9.59 Å². The van der Waals surface area contributed by atoms with E-state index in [0.717, 1.165) is 5.69 Å². The molecule has 0 bridgehead atoms. The Morgan fingerprint density at radius 3 is 2.75 bits per heavy atom. The fourth-order valence-corrected chi connectivity index (χ4v) is 5.40. The highest BCUT2D eigenvalue weighted by Crippen LogP contribution is 2.40. The van der Waals surface area contributed by atoms with Crippen LogP contribution in [0.25, 0.3) is 0 Å². The molecule has 2 aliphatic rings. The van der Waals surface area contributed by atoms with Crippen LogP contribution in [0.15, 0.2) is 24.4 Å². The number of nitrogens with one attached hydrogen (secondary N) is 1. The standard InChI is InChI=1S/C18H25N3O2S/c1-13(22)21-16(12-24-18(21)14-7-3-2-4-8-14)17(23)20-11-15-9-5-6-10-19-15/h5-6,9-10,14,16,18H,2-4,7-8,11-12H2,1H3,(H,20,23). The predicted molar refractivity (Wildman–Crippen MR) is 95.2 cm³/mol. The molecule has 1 saturated heterocycles. The number of amides is 2. The average molecular weight is 347 g/mol. The molecule has 2 unspecified atom stereocenters. The van der Waals surface area contributed by atoms with Crippen molar-refractivity contribution in [2.45, 2.75) is 57.0 Å². The summed E-state index contributed by atoms with van der Waals surface area (Å²) in [5.74, 6) is 1.16. The molecule has 3 rings (SSSR count). The zero-order chi connectivity index (χ0) is 16.9. The van der Waals surface area contributed by atoms with Crippen LogP contribution in [0.4, 0.5) is 0 Å². The smallest absolute Gasteiger partial charge is 0.244 e. The molecular weight excluding hydrogens is 322 g/mol. The molecule has 2 amide bonds. The molecule has 5 nitrogen and oxygen atoms in total. The molecule has 1 aromatic rings. The van der Waals surface area contributed by atoms with Gasteiger partial charge in [-0.2, -0.15) is 0 Å². The highest BCUT2D eigenvalue weighted by molar-refractivity contribution is 8.00. The second-order valence-corrected chi connectivity index (χ2v) is 7.75. The lowest BCUT2D eigenvalue weighted by molar-refractivity contribution is -0.139. The first-order chi connectivity index (χ1) is 11.7. The molecule has 1 aliphatic heterocycles. The molecule has 1 N–H and O–H groups in total. The SMILES string of the molecule is CC(=O)N1C(C(=O)NCc2ccccn2)CSC1C1CCCCC1. The van der Waals surface area contributed by atoms with Gasteiger partial charge >= 0.3 is 0 Å². The summed E-state index contributed by atoms with van der Waals surface area (Å²) in [5, 5.41) is 3.10. The Bertz CT molecular complexity index is 575. The molecule has 1 aliphatic carbocycles. The number of nitrogens with zero attached hydrogens (tertiary/aromatic N) is 2. The molecule has 1 aromatic heterocycles. The van der Waals surface area contributed by atoms with E-state index in [1.54, 1.807) is 24.9 Å². The first kappa shape index (κ1) is 17.3. The molecule has 0 aromatic carbocycles. The minimum atomic E-state index is -0.358. The maximum Gasteiger partial charge on any atom is 0.244 e. The lowest BCUT2D eigenvalue weighted by Gasteiger charge is -2.34. The van der Waals surface area contributed by atoms with Crippen LogP contribution in [0.3, 0.4) is 0 Å². The number of hydrogen-bond acceptors (Lipinski definition) is 4. The van der Waals surface area contributed by atoms with Crippen LogP contribution in [-0.2, 0) is 16.1 Å². The van der Waals surface area contributed by atoms with Gasteiger partial charge in [0.15, 0.2) is 0 Å². The Hall–Kier alpha value is -1.56. The summed E-state index contributed by atoms with van der Waals surface area (Å²) < 4.78 is 0. The highest BCUT2D eigenvalue weighted by atomic mass is 32.2. The number of carbonyl (C=O) groups is 2. The number of thioether (sulfide) groups is 1. The molecule has 2 heterocycles. The van der Waals surface area contributed by atoms with E-state index in [1.165, 1.54) is 32.1 Å². The minimum Gasteiger partial charge on any atom is -0.349 e. The second kappa shape index (κ2) is 8.01. The largest absolute Gasteiger partial charge is 0.349 e. The van der Waals surface area contributed by atoms with Crippen LogP contribution in [-0.4, -0.2) is 38.9 Å². The van der Waals surface area contributed by atoms with Gasteiger partial charge < -0.3 is 10.2 Å². The zero-order valence-corrected chi connectivity index (χ0v) is 14.9. The average Bonchev–Trinajstić information content (AvgIpc) is 3.07. The first-order valence-electron chi connectivity index (χ1n) is 8.75. The fraction of sp³-hybridized carbons (Fsp3) is 0.611. The highest BCUT2D eigenvalue weighted by Gasteiger charge is 2.43. The van der Waals surface area contributed by atoms with Gasteiger partial charge in [-0.1, -0.05) is 25.3 Å². The van der Waals surface area contributed by atoms with Gasteiger partial charge in [-0.25, -0.2) is 0 Å². The molecule has 6 heteroatoms. The van der Waals surface area contributed by atoms with Crippen molar-refractivity contribution in [1.82, 2.24) is 15.2 Å². The van der Waals surface area contributed by atoms with Crippen molar-refractivity contribution in [2.24, 2.45) is 5.92 Å². The lowest BCUT2D eigenvalue weighted by atomic mass is 9.88. The fourth-order valence-electron chi connectivity index (χ4n) is 3.71. The summed E-state index contributed by atoms with van der Waals surface area (Å²) in [4.78, 5) is 30.9. The number of hydrogen-bond donors (Lipinski definition) is 1. The Morgan fingerprint density at radius 1 is 1.29 bits per heavy atom. The van der Waals surface area contributed by atoms with Gasteiger partial charge in [-0.3, -0.25) is 14.6 Å². The number of carbonyl (C=O) groups excluding carboxylic acids is 2. The van der Waals surface area contributed by atoms with Gasteiger partial charge in [-0.15, -0.1) is 11.8 Å². The van der Waals surface area contributed by atoms with Crippen LogP contribution in [0.1, 0.15) is 44.7 Å². The zero-order valence-electron chi connectivity index (χ0n) is 14.1. The summed E-state index contributed by atoms with van der Waals surface area (Å²) in [7, 11) is 0. The van der Waals surface area contributed by atoms with Crippen LogP contribution in [0, 0.1) is 5.92 Å². The monoisotopic (exact) mass is 347 g/mol. The molecule has 130 valence electrons. The topological polar surface area (TPSA) is 62.3 Å². The number of pyridine rings is 1. The third-order valence-electron chi connectivity index (χ3n) is 4.92. The quantitative estimate of drug-likeness (QED) is 0.909. The third kappa shape index (κ3) is 3.91. The molecule has 2 fully saturated rings. The Balaban J connectivity index is 1.63. The molecule has 0 spiro atoms. The summed E-state index contributed by atoms with van der Waals surface area (Å²) in [6.45, 7) is 1.99. The van der Waals surface area contributed by atoms with Crippen LogP contribution < -0.4 is 5.32 Å². The van der Waals surface area contributed by atoms with E-state index in [2.05, 4.69) is 10.3 Å². The molecule has 0 radical (unpaired) electrons. The first-order valence-corrected chi connectivity index (χ1v) is 9.80. The Labute approximate surface area is 147 Å². The number of aromatic nitrogens is 1. The number of rotatable bonds is 4. The molecular formula is C18H25N3O2S. The van der Waals surface area contributed by atoms with E-state index in [-0.39, 0.29) is 23.2 Å². The minimum absolute atomic E-state index is 0.00793. The van der Waals surface area contributed by atoms with Crippen molar-refractivity contribution >= 4 is 23.6 Å². The van der Waals surface area contributed by atoms with Crippen LogP contribution in [0.2, 0.25) is 0 Å². The van der Waals surface area contributed by atoms with E-state index >= 15 is 0 Å². The van der Waals surface area contributed by atoms with Gasteiger partial charge in [0.05, 0.1) is 17.6 Å². The normalized spacial score (nSPS) is 24.8. The van der Waals surface area contributed by atoms with E-state index in [0.29, 0.717) is 18.2 Å². The summed E-state index contributed by atoms with van der Waals surface area (Å²) in [6.07, 6.45) is 7.83. The Morgan fingerprint density at radius 2 is 2.08 bits per heavy atom.